The van der Waals surface area contributed by atoms with Crippen LogP contribution in [0, 0.1) is 5.41 Å². The third-order valence-corrected chi connectivity index (χ3v) is 3.32. The molecule has 1 unspecified atom stereocenters. The maximum atomic E-state index is 6.04. The van der Waals surface area contributed by atoms with E-state index in [4.69, 9.17) is 10.3 Å². The molecule has 0 bridgehead atoms. The van der Waals surface area contributed by atoms with Crippen molar-refractivity contribution in [1.82, 2.24) is 10.1 Å². The van der Waals surface area contributed by atoms with Crippen LogP contribution in [0.1, 0.15) is 52.4 Å². The molecule has 5 heteroatoms. The van der Waals surface area contributed by atoms with Crippen molar-refractivity contribution in [2.24, 2.45) is 11.1 Å². The first-order chi connectivity index (χ1) is 7.30. The van der Waals surface area contributed by atoms with Gasteiger partial charge in [-0.05, 0) is 10.7 Å². The van der Waals surface area contributed by atoms with E-state index in [2.05, 4.69) is 44.8 Å². The normalized spacial score (nSPS) is 14.4. The molecule has 1 aromatic rings. The molecule has 92 valence electrons. The van der Waals surface area contributed by atoms with Gasteiger partial charge in [-0.25, -0.2) is 0 Å². The van der Waals surface area contributed by atoms with Gasteiger partial charge in [-0.15, -0.1) is 0 Å². The summed E-state index contributed by atoms with van der Waals surface area (Å²) in [6, 6.07) is -0.210. The van der Waals surface area contributed by atoms with Crippen LogP contribution in [0.5, 0.6) is 0 Å². The van der Waals surface area contributed by atoms with Crippen molar-refractivity contribution >= 4 is 11.8 Å². The molecule has 0 aliphatic rings. The molecular weight excluding hydrogens is 222 g/mol. The van der Waals surface area contributed by atoms with Gasteiger partial charge in [0.15, 0.2) is 5.82 Å². The Labute approximate surface area is 101 Å². The van der Waals surface area contributed by atoms with Gasteiger partial charge in [-0.2, -0.15) is 16.7 Å². The quantitative estimate of drug-likeness (QED) is 0.881. The summed E-state index contributed by atoms with van der Waals surface area (Å²) in [5.74, 6) is 2.04. The second-order valence-corrected chi connectivity index (χ2v) is 6.82. The van der Waals surface area contributed by atoms with Gasteiger partial charge in [-0.3, -0.25) is 0 Å². The van der Waals surface area contributed by atoms with E-state index in [-0.39, 0.29) is 11.5 Å². The Kier molecular flexibility index (Phi) is 4.38. The predicted octanol–water partition coefficient (Wildman–Crippen LogP) is 2.76. The summed E-state index contributed by atoms with van der Waals surface area (Å²) in [4.78, 5) is 4.32. The zero-order chi connectivity index (χ0) is 12.3. The molecule has 1 heterocycles. The molecule has 2 N–H and O–H groups in total. The van der Waals surface area contributed by atoms with Crippen LogP contribution in [0.25, 0.3) is 0 Å². The van der Waals surface area contributed by atoms with E-state index in [1.807, 2.05) is 0 Å². The van der Waals surface area contributed by atoms with Crippen LogP contribution in [0.2, 0.25) is 0 Å². The van der Waals surface area contributed by atoms with Crippen LogP contribution in [-0.4, -0.2) is 15.4 Å². The summed E-state index contributed by atoms with van der Waals surface area (Å²) in [5.41, 5.74) is 5.98. The fourth-order valence-electron chi connectivity index (χ4n) is 1.06. The molecule has 1 rings (SSSR count). The maximum Gasteiger partial charge on any atom is 0.244 e. The number of nitrogens with zero attached hydrogens (tertiary/aromatic N) is 2. The summed E-state index contributed by atoms with van der Waals surface area (Å²) in [5, 5.41) is 4.50. The lowest BCUT2D eigenvalue weighted by Gasteiger charge is -2.23. The first-order valence-electron chi connectivity index (χ1n) is 5.50. The molecule has 16 heavy (non-hydrogen) atoms. The minimum absolute atomic E-state index is 0.0605. The molecule has 1 atom stereocenters. The minimum atomic E-state index is -0.210. The highest BCUT2D eigenvalue weighted by Crippen LogP contribution is 2.29. The van der Waals surface area contributed by atoms with E-state index in [0.29, 0.717) is 11.1 Å². The van der Waals surface area contributed by atoms with Gasteiger partial charge in [0.1, 0.15) is 0 Å². The van der Waals surface area contributed by atoms with Crippen LogP contribution in [0.3, 0.4) is 0 Å². The molecule has 0 amide bonds. The van der Waals surface area contributed by atoms with E-state index in [9.17, 15) is 0 Å². The third-order valence-electron chi connectivity index (χ3n) is 2.23. The van der Waals surface area contributed by atoms with Crippen LogP contribution in [0.15, 0.2) is 4.52 Å². The molecule has 0 saturated carbocycles. The van der Waals surface area contributed by atoms with Crippen molar-refractivity contribution in [2.45, 2.75) is 51.7 Å². The highest BCUT2D eigenvalue weighted by Gasteiger charge is 2.27. The second-order valence-electron chi connectivity index (χ2n) is 5.25. The highest BCUT2D eigenvalue weighted by molar-refractivity contribution is 7.99. The molecule has 0 saturated heterocycles. The van der Waals surface area contributed by atoms with Crippen molar-refractivity contribution in [3.63, 3.8) is 0 Å². The second kappa shape index (κ2) is 5.19. The fourth-order valence-corrected chi connectivity index (χ4v) is 1.66. The van der Waals surface area contributed by atoms with E-state index >= 15 is 0 Å². The number of hydrogen-bond acceptors (Lipinski definition) is 5. The van der Waals surface area contributed by atoms with E-state index < -0.39 is 0 Å². The molecule has 0 aliphatic carbocycles. The number of aromatic nitrogens is 2. The lowest BCUT2D eigenvalue weighted by molar-refractivity contribution is 0.252. The van der Waals surface area contributed by atoms with Crippen molar-refractivity contribution in [1.29, 1.82) is 0 Å². The van der Waals surface area contributed by atoms with Crippen molar-refractivity contribution in [3.8, 4) is 0 Å². The lowest BCUT2D eigenvalue weighted by atomic mass is 9.87. The van der Waals surface area contributed by atoms with E-state index in [1.165, 1.54) is 0 Å². The first kappa shape index (κ1) is 13.5. The Morgan fingerprint density at radius 2 is 2.00 bits per heavy atom. The Balaban J connectivity index is 2.64. The highest BCUT2D eigenvalue weighted by atomic mass is 32.2. The van der Waals surface area contributed by atoms with Crippen LogP contribution in [0.4, 0.5) is 0 Å². The summed E-state index contributed by atoms with van der Waals surface area (Å²) in [6.45, 7) is 10.5. The van der Waals surface area contributed by atoms with Crippen LogP contribution >= 0.6 is 11.8 Å². The molecule has 0 radical (unpaired) electrons. The zero-order valence-corrected chi connectivity index (χ0v) is 11.5. The Morgan fingerprint density at radius 3 is 2.50 bits per heavy atom. The molecule has 0 aliphatic heterocycles. The first-order valence-corrected chi connectivity index (χ1v) is 6.55. The van der Waals surface area contributed by atoms with Crippen molar-refractivity contribution < 1.29 is 4.52 Å². The molecular formula is C11H21N3OS. The predicted molar refractivity (Wildman–Crippen MR) is 67.1 cm³/mol. The number of rotatable bonds is 4. The largest absolute Gasteiger partial charge is 0.338 e. The summed E-state index contributed by atoms with van der Waals surface area (Å²) >= 11 is 1.79. The zero-order valence-electron chi connectivity index (χ0n) is 10.7. The molecule has 1 aromatic heterocycles. The van der Waals surface area contributed by atoms with Gasteiger partial charge in [0.25, 0.3) is 0 Å². The molecule has 4 nitrogen and oxygen atoms in total. The average molecular weight is 243 g/mol. The van der Waals surface area contributed by atoms with Gasteiger partial charge >= 0.3 is 0 Å². The Hall–Kier alpha value is -0.550. The van der Waals surface area contributed by atoms with Gasteiger partial charge < -0.3 is 10.3 Å². The number of thioether (sulfide) groups is 1. The van der Waals surface area contributed by atoms with Gasteiger partial charge in [-0.1, -0.05) is 39.8 Å². The summed E-state index contributed by atoms with van der Waals surface area (Å²) in [7, 11) is 0. The third kappa shape index (κ3) is 3.79. The Bertz CT molecular complexity index is 330. The lowest BCUT2D eigenvalue weighted by Crippen LogP contribution is -2.26. The minimum Gasteiger partial charge on any atom is -0.338 e. The average Bonchev–Trinajstić information content (AvgIpc) is 2.60. The topological polar surface area (TPSA) is 64.9 Å². The Morgan fingerprint density at radius 1 is 1.38 bits per heavy atom. The van der Waals surface area contributed by atoms with E-state index in [0.717, 1.165) is 11.6 Å². The van der Waals surface area contributed by atoms with Gasteiger partial charge in [0.2, 0.25) is 5.89 Å². The van der Waals surface area contributed by atoms with Crippen molar-refractivity contribution in [2.75, 3.05) is 0 Å². The smallest absolute Gasteiger partial charge is 0.244 e. The van der Waals surface area contributed by atoms with Crippen LogP contribution in [-0.2, 0) is 5.75 Å². The standard InChI is InChI=1S/C11H21N3OS/c1-7(2)16-6-8-13-10(15-14-8)9(12)11(3,4)5/h7,9H,6,12H2,1-5H3. The number of nitrogens with two attached hydrogens (primary N) is 1. The SMILES string of the molecule is CC(C)SCc1noc(C(N)C(C)(C)C)n1. The monoisotopic (exact) mass is 243 g/mol. The molecule has 0 aromatic carbocycles. The molecule has 0 spiro atoms. The van der Waals surface area contributed by atoms with Gasteiger partial charge in [0, 0.05) is 0 Å². The van der Waals surface area contributed by atoms with E-state index in [1.54, 1.807) is 11.8 Å². The number of hydrogen-bond donors (Lipinski definition) is 1. The van der Waals surface area contributed by atoms with Gasteiger partial charge in [0.05, 0.1) is 11.8 Å². The molecule has 0 fully saturated rings. The van der Waals surface area contributed by atoms with Crippen LogP contribution < -0.4 is 5.73 Å². The fraction of sp³-hybridized carbons (Fsp3) is 0.818. The summed E-state index contributed by atoms with van der Waals surface area (Å²) < 4.78 is 5.19. The van der Waals surface area contributed by atoms with Crippen molar-refractivity contribution in [3.05, 3.63) is 11.7 Å². The summed E-state index contributed by atoms with van der Waals surface area (Å²) in [6.07, 6.45) is 0. The maximum absolute atomic E-state index is 6.04.